The molecule has 73 heavy (non-hydrogen) atoms. The summed E-state index contributed by atoms with van der Waals surface area (Å²) >= 11 is 0. The molecule has 0 aliphatic rings. The number of alkyl carbamates (subject to hydrolysis) is 2. The number of amides is 4. The highest BCUT2D eigenvalue weighted by Gasteiger charge is 2.59. The van der Waals surface area contributed by atoms with Crippen LogP contribution in [0.5, 0.6) is 0 Å². The molecule has 4 amide bonds. The monoisotopic (exact) mass is 1090 g/mol. The number of ether oxygens (including phenoxy) is 6. The van der Waals surface area contributed by atoms with Crippen LogP contribution in [0, 0.1) is 0 Å². The molecular formula is C43H72F12N6O12. The minimum Gasteiger partial charge on any atom is -0.444 e. The fourth-order valence-corrected chi connectivity index (χ4v) is 4.91. The Morgan fingerprint density at radius 2 is 0.890 bits per heavy atom. The van der Waals surface area contributed by atoms with Crippen LogP contribution in [0.15, 0.2) is 24.8 Å². The van der Waals surface area contributed by atoms with E-state index in [1.807, 2.05) is 0 Å². The van der Waals surface area contributed by atoms with Gasteiger partial charge in [0.2, 0.25) is 12.2 Å². The molecule has 0 aromatic rings. The van der Waals surface area contributed by atoms with Gasteiger partial charge in [0.1, 0.15) is 40.7 Å². The SMILES string of the molecule is C.C=C(NCCC[C@H](NC(=O)C(C)(C)OC)C(=O)COC(C(F)(F)F)C(F)(F)F)NC(=O)OC(C)(C)C.C=C(NCCC[C@H](NC(=O)C(C)(C)OC)C(O)COC(C(F)(F)F)C(F)(F)F)NC(=O)OC(C)(C)C. The molecule has 0 spiro atoms. The smallest absolute Gasteiger partial charge is 0.423 e. The zero-order chi connectivity index (χ0) is 57.1. The van der Waals surface area contributed by atoms with Crippen LogP contribution in [0.25, 0.3) is 0 Å². The lowest BCUT2D eigenvalue weighted by molar-refractivity contribution is -0.325. The van der Waals surface area contributed by atoms with Gasteiger partial charge in [0.05, 0.1) is 24.8 Å². The predicted octanol–water partition coefficient (Wildman–Crippen LogP) is 7.11. The summed E-state index contributed by atoms with van der Waals surface area (Å²) in [4.78, 5) is 60.6. The van der Waals surface area contributed by atoms with E-state index >= 15 is 0 Å². The maximum absolute atomic E-state index is 12.7. The van der Waals surface area contributed by atoms with Crippen molar-refractivity contribution < 1.29 is 110 Å². The first-order valence-electron chi connectivity index (χ1n) is 21.5. The van der Waals surface area contributed by atoms with Crippen LogP contribution in [0.1, 0.15) is 102 Å². The zero-order valence-electron chi connectivity index (χ0n) is 41.9. The number of alkyl halides is 12. The Hall–Kier alpha value is -4.81. The van der Waals surface area contributed by atoms with Crippen molar-refractivity contribution in [3.63, 3.8) is 0 Å². The van der Waals surface area contributed by atoms with Gasteiger partial charge in [0, 0.05) is 27.3 Å². The number of rotatable bonds is 26. The van der Waals surface area contributed by atoms with E-state index in [0.717, 1.165) is 0 Å². The molecule has 0 aliphatic heterocycles. The van der Waals surface area contributed by atoms with Crippen molar-refractivity contribution in [3.8, 4) is 0 Å². The first-order chi connectivity index (χ1) is 32.2. The highest BCUT2D eigenvalue weighted by Crippen LogP contribution is 2.37. The minimum absolute atomic E-state index is 0. The number of hydrogen-bond acceptors (Lipinski definition) is 14. The molecule has 0 radical (unpaired) electrons. The van der Waals surface area contributed by atoms with Crippen molar-refractivity contribution >= 4 is 29.8 Å². The molecule has 0 saturated heterocycles. The van der Waals surface area contributed by atoms with Crippen LogP contribution in [0.4, 0.5) is 62.3 Å². The molecule has 0 aromatic heterocycles. The van der Waals surface area contributed by atoms with Gasteiger partial charge < -0.3 is 54.8 Å². The molecule has 0 heterocycles. The topological polar surface area (TPSA) is 233 Å². The van der Waals surface area contributed by atoms with Crippen molar-refractivity contribution in [2.24, 2.45) is 0 Å². The predicted molar refractivity (Wildman–Crippen MR) is 239 cm³/mol. The van der Waals surface area contributed by atoms with Crippen LogP contribution in [0.3, 0.4) is 0 Å². The van der Waals surface area contributed by atoms with Crippen LogP contribution in [-0.4, -0.2) is 153 Å². The third-order valence-electron chi connectivity index (χ3n) is 8.95. The van der Waals surface area contributed by atoms with Crippen molar-refractivity contribution in [1.29, 1.82) is 0 Å². The maximum atomic E-state index is 12.7. The first-order valence-corrected chi connectivity index (χ1v) is 21.5. The van der Waals surface area contributed by atoms with E-state index in [2.05, 4.69) is 54.5 Å². The maximum Gasteiger partial charge on any atom is 0.423 e. The Balaban J connectivity index is -0.00000132. The lowest BCUT2D eigenvalue weighted by Crippen LogP contribution is -2.53. The largest absolute Gasteiger partial charge is 0.444 e. The minimum atomic E-state index is -5.79. The molecule has 0 rings (SSSR count). The number of aliphatic hydroxyl groups excluding tert-OH is 1. The van der Waals surface area contributed by atoms with E-state index in [1.54, 1.807) is 41.5 Å². The molecule has 0 saturated carbocycles. The number of methoxy groups -OCH3 is 2. The molecule has 0 fully saturated rings. The average Bonchev–Trinajstić information content (AvgIpc) is 3.16. The van der Waals surface area contributed by atoms with Crippen molar-refractivity contribution in [2.45, 2.75) is 180 Å². The summed E-state index contributed by atoms with van der Waals surface area (Å²) in [7, 11) is 2.42. The number of ketones is 1. The number of nitrogens with one attached hydrogen (secondary N) is 6. The number of halogens is 12. The molecule has 1 unspecified atom stereocenters. The zero-order valence-corrected chi connectivity index (χ0v) is 41.9. The second kappa shape index (κ2) is 29.9. The Labute approximate surface area is 416 Å². The third kappa shape index (κ3) is 31.5. The fourth-order valence-electron chi connectivity index (χ4n) is 4.91. The van der Waals surface area contributed by atoms with Gasteiger partial charge in [-0.3, -0.25) is 25.0 Å². The molecule has 0 bridgehead atoms. The van der Waals surface area contributed by atoms with Crippen LogP contribution < -0.4 is 31.9 Å². The number of aliphatic hydroxyl groups is 1. The standard InChI is InChI=1S/C21H35F6N3O6.C21H33F6N3O6.CH4/c2*1-12(29-17(33)36-18(2,3)4)28-10-8-9-13(30-16(32)19(5,6)34-7)14(31)11-35-15(20(22,23)24)21(25,26)27;/h13-15,28,31H,1,8-11H2,2-7H3,(H,29,33)(H,30,32);13,15,28H,1,8-11H2,2-7H3,(H,29,33)(H,30,32);1H4/t13-,14?;13-;/m00./s1. The number of hydrogen-bond donors (Lipinski definition) is 7. The summed E-state index contributed by atoms with van der Waals surface area (Å²) in [6.07, 6.45) is -34.9. The van der Waals surface area contributed by atoms with Gasteiger partial charge >= 0.3 is 36.9 Å². The highest BCUT2D eigenvalue weighted by molar-refractivity contribution is 5.92. The lowest BCUT2D eigenvalue weighted by atomic mass is 10.0. The molecule has 430 valence electrons. The molecule has 7 N–H and O–H groups in total. The Morgan fingerprint density at radius 1 is 0.548 bits per heavy atom. The van der Waals surface area contributed by atoms with Gasteiger partial charge in [-0.05, 0) is 94.9 Å². The average molecular weight is 1090 g/mol. The molecule has 30 heteroatoms. The van der Waals surface area contributed by atoms with Crippen LogP contribution in [0.2, 0.25) is 0 Å². The quantitative estimate of drug-likeness (QED) is 0.0338. The summed E-state index contributed by atoms with van der Waals surface area (Å²) in [5, 5.41) is 25.0. The summed E-state index contributed by atoms with van der Waals surface area (Å²) in [6.45, 7) is 19.7. The van der Waals surface area contributed by atoms with Crippen molar-refractivity contribution in [3.05, 3.63) is 24.8 Å². The number of Topliss-reactive ketones (excluding diaryl/α,β-unsaturated/α-hetero) is 1. The second-order valence-electron chi connectivity index (χ2n) is 18.5. The van der Waals surface area contributed by atoms with Gasteiger partial charge in [0.25, 0.3) is 11.8 Å². The summed E-state index contributed by atoms with van der Waals surface area (Å²) < 4.78 is 180. The Morgan fingerprint density at radius 3 is 1.23 bits per heavy atom. The Bertz CT molecular complexity index is 1740. The fraction of sp³-hybridized carbons (Fsp3) is 0.791. The Kier molecular flexibility index (Phi) is 29.7. The van der Waals surface area contributed by atoms with Crippen LogP contribution >= 0.6 is 0 Å². The summed E-state index contributed by atoms with van der Waals surface area (Å²) in [6, 6.07) is -2.77. The molecule has 0 aliphatic carbocycles. The van der Waals surface area contributed by atoms with E-state index in [4.69, 9.17) is 18.9 Å². The molecule has 18 nitrogen and oxygen atoms in total. The van der Waals surface area contributed by atoms with Gasteiger partial charge in [-0.25, -0.2) is 9.59 Å². The van der Waals surface area contributed by atoms with E-state index in [1.165, 1.54) is 41.9 Å². The highest BCUT2D eigenvalue weighted by atomic mass is 19.4. The normalized spacial score (nSPS) is 14.0. The summed E-state index contributed by atoms with van der Waals surface area (Å²) in [5.41, 5.74) is -4.35. The van der Waals surface area contributed by atoms with E-state index in [0.29, 0.717) is 0 Å². The van der Waals surface area contributed by atoms with Gasteiger partial charge in [-0.15, -0.1) is 0 Å². The number of carbonyl (C=O) groups excluding carboxylic acids is 5. The molecule has 0 aromatic carbocycles. The number of carbonyl (C=O) groups is 5. The van der Waals surface area contributed by atoms with Crippen LogP contribution in [-0.2, 0) is 42.8 Å². The third-order valence-corrected chi connectivity index (χ3v) is 8.95. The van der Waals surface area contributed by atoms with Gasteiger partial charge in [0.15, 0.2) is 5.78 Å². The summed E-state index contributed by atoms with van der Waals surface area (Å²) in [5.74, 6) is -2.69. The first kappa shape index (κ1) is 72.4. The molecular weight excluding hydrogens is 1020 g/mol. The van der Waals surface area contributed by atoms with E-state index in [-0.39, 0.29) is 57.8 Å². The van der Waals surface area contributed by atoms with E-state index in [9.17, 15) is 81.8 Å². The van der Waals surface area contributed by atoms with Gasteiger partial charge in [-0.2, -0.15) is 52.7 Å². The van der Waals surface area contributed by atoms with E-state index < -0.39 is 121 Å². The molecule has 3 atom stereocenters. The van der Waals surface area contributed by atoms with Gasteiger partial charge in [-0.1, -0.05) is 20.6 Å². The van der Waals surface area contributed by atoms with Crippen molar-refractivity contribution in [1.82, 2.24) is 31.9 Å². The van der Waals surface area contributed by atoms with Crippen molar-refractivity contribution in [2.75, 3.05) is 40.5 Å². The second-order valence-corrected chi connectivity index (χ2v) is 18.5. The lowest BCUT2D eigenvalue weighted by Gasteiger charge is -2.30.